The molecule has 6 heteroatoms. The van der Waals surface area contributed by atoms with Crippen molar-refractivity contribution in [1.29, 1.82) is 0 Å². The van der Waals surface area contributed by atoms with E-state index in [-0.39, 0.29) is 12.1 Å². The fourth-order valence-electron chi connectivity index (χ4n) is 3.02. The van der Waals surface area contributed by atoms with Crippen molar-refractivity contribution >= 4 is 17.4 Å². The minimum Gasteiger partial charge on any atom is -0.331 e. The van der Waals surface area contributed by atoms with E-state index in [1.165, 1.54) is 12.0 Å². The van der Waals surface area contributed by atoms with E-state index in [1.54, 1.807) is 23.7 Å². The van der Waals surface area contributed by atoms with Gasteiger partial charge in [-0.1, -0.05) is 12.8 Å². The van der Waals surface area contributed by atoms with E-state index >= 15 is 0 Å². The number of hydrogen-bond acceptors (Lipinski definition) is 4. The van der Waals surface area contributed by atoms with Gasteiger partial charge in [0.05, 0.1) is 12.6 Å². The fourth-order valence-corrected chi connectivity index (χ4v) is 3.73. The van der Waals surface area contributed by atoms with E-state index in [0.717, 1.165) is 36.5 Å². The maximum atomic E-state index is 12.7. The first-order valence-electron chi connectivity index (χ1n) is 8.09. The Morgan fingerprint density at radius 2 is 2.17 bits per heavy atom. The number of aryl methyl sites for hydroxylation is 1. The summed E-state index contributed by atoms with van der Waals surface area (Å²) in [6.45, 7) is 3.27. The van der Waals surface area contributed by atoms with Crippen LogP contribution in [0.15, 0.2) is 29.9 Å². The zero-order valence-electron chi connectivity index (χ0n) is 13.4. The maximum Gasteiger partial charge on any atom is 0.318 e. The van der Waals surface area contributed by atoms with Gasteiger partial charge in [0, 0.05) is 30.0 Å². The van der Waals surface area contributed by atoms with Gasteiger partial charge in [-0.05, 0) is 37.5 Å². The van der Waals surface area contributed by atoms with Crippen LogP contribution >= 0.6 is 11.3 Å². The molecule has 1 fully saturated rings. The standard InChI is InChI=1S/C17H22N4OS/c1-13-12-23-16(20-13)11-19-17(22)21-10-4-2-3-5-15(21)14-6-8-18-9-7-14/h6-9,12,15H,2-5,10-11H2,1H3,(H,19,22)/t15-/m1/s1. The summed E-state index contributed by atoms with van der Waals surface area (Å²) in [4.78, 5) is 23.2. The highest BCUT2D eigenvalue weighted by molar-refractivity contribution is 7.09. The molecular formula is C17H22N4OS. The van der Waals surface area contributed by atoms with Gasteiger partial charge in [0.2, 0.25) is 0 Å². The number of nitrogens with one attached hydrogen (secondary N) is 1. The predicted molar refractivity (Wildman–Crippen MR) is 91.2 cm³/mol. The molecule has 1 aliphatic heterocycles. The number of thiazole rings is 1. The van der Waals surface area contributed by atoms with Gasteiger partial charge in [-0.25, -0.2) is 9.78 Å². The third-order valence-corrected chi connectivity index (χ3v) is 5.13. The van der Waals surface area contributed by atoms with Crippen LogP contribution in [-0.2, 0) is 6.54 Å². The van der Waals surface area contributed by atoms with Crippen molar-refractivity contribution in [3.63, 3.8) is 0 Å². The van der Waals surface area contributed by atoms with Gasteiger partial charge in [0.15, 0.2) is 0 Å². The van der Waals surface area contributed by atoms with E-state index in [0.29, 0.717) is 6.54 Å². The summed E-state index contributed by atoms with van der Waals surface area (Å²) in [5.74, 6) is 0. The van der Waals surface area contributed by atoms with E-state index in [2.05, 4.69) is 15.3 Å². The van der Waals surface area contributed by atoms with Crippen molar-refractivity contribution in [3.8, 4) is 0 Å². The van der Waals surface area contributed by atoms with Gasteiger partial charge in [-0.2, -0.15) is 0 Å². The normalized spacial score (nSPS) is 18.5. The molecule has 1 N–H and O–H groups in total. The van der Waals surface area contributed by atoms with Crippen molar-refractivity contribution in [1.82, 2.24) is 20.2 Å². The molecule has 0 radical (unpaired) electrons. The molecule has 0 saturated carbocycles. The number of urea groups is 1. The minimum atomic E-state index is 0.00145. The lowest BCUT2D eigenvalue weighted by Crippen LogP contribution is -2.41. The van der Waals surface area contributed by atoms with E-state index in [9.17, 15) is 4.79 Å². The van der Waals surface area contributed by atoms with E-state index < -0.39 is 0 Å². The van der Waals surface area contributed by atoms with Crippen LogP contribution in [0.3, 0.4) is 0 Å². The van der Waals surface area contributed by atoms with Gasteiger partial charge in [0.25, 0.3) is 0 Å². The van der Waals surface area contributed by atoms with Crippen LogP contribution < -0.4 is 5.32 Å². The Labute approximate surface area is 140 Å². The quantitative estimate of drug-likeness (QED) is 0.934. The van der Waals surface area contributed by atoms with E-state index in [4.69, 9.17) is 0 Å². The van der Waals surface area contributed by atoms with Gasteiger partial charge in [0.1, 0.15) is 5.01 Å². The van der Waals surface area contributed by atoms with Crippen molar-refractivity contribution in [3.05, 3.63) is 46.2 Å². The number of aromatic nitrogens is 2. The minimum absolute atomic E-state index is 0.00145. The van der Waals surface area contributed by atoms with Crippen molar-refractivity contribution in [2.75, 3.05) is 6.54 Å². The highest BCUT2D eigenvalue weighted by atomic mass is 32.1. The number of carbonyl (C=O) groups excluding carboxylic acids is 1. The summed E-state index contributed by atoms with van der Waals surface area (Å²) in [7, 11) is 0. The molecule has 2 aromatic rings. The highest BCUT2D eigenvalue weighted by Crippen LogP contribution is 2.29. The molecule has 0 spiro atoms. The van der Waals surface area contributed by atoms with Crippen LogP contribution in [0.5, 0.6) is 0 Å². The largest absolute Gasteiger partial charge is 0.331 e. The first-order valence-corrected chi connectivity index (χ1v) is 8.97. The number of amides is 2. The molecule has 5 nitrogen and oxygen atoms in total. The van der Waals surface area contributed by atoms with Crippen molar-refractivity contribution in [2.45, 2.75) is 45.2 Å². The number of likely N-dealkylation sites (tertiary alicyclic amines) is 1. The Morgan fingerprint density at radius 1 is 1.35 bits per heavy atom. The third kappa shape index (κ3) is 4.07. The predicted octanol–water partition coefficient (Wildman–Crippen LogP) is 3.67. The average molecular weight is 330 g/mol. The van der Waals surface area contributed by atoms with Gasteiger partial charge in [-0.15, -0.1) is 11.3 Å². The third-order valence-electron chi connectivity index (χ3n) is 4.16. The Morgan fingerprint density at radius 3 is 2.91 bits per heavy atom. The molecule has 2 aromatic heterocycles. The number of hydrogen-bond donors (Lipinski definition) is 1. The first-order chi connectivity index (χ1) is 11.2. The second-order valence-corrected chi connectivity index (χ2v) is 6.82. The summed E-state index contributed by atoms with van der Waals surface area (Å²) >= 11 is 1.59. The van der Waals surface area contributed by atoms with Gasteiger partial charge in [-0.3, -0.25) is 4.98 Å². The van der Waals surface area contributed by atoms with Crippen LogP contribution in [0.1, 0.15) is 48.0 Å². The monoisotopic (exact) mass is 330 g/mol. The number of nitrogens with zero attached hydrogens (tertiary/aromatic N) is 3. The number of pyridine rings is 1. The Balaban J connectivity index is 1.70. The molecule has 0 aliphatic carbocycles. The summed E-state index contributed by atoms with van der Waals surface area (Å²) in [5.41, 5.74) is 2.17. The van der Waals surface area contributed by atoms with Crippen LogP contribution in [0, 0.1) is 6.92 Å². The second kappa shape index (κ2) is 7.55. The molecule has 3 rings (SSSR count). The van der Waals surface area contributed by atoms with Crippen molar-refractivity contribution < 1.29 is 4.79 Å². The van der Waals surface area contributed by atoms with Gasteiger partial charge >= 0.3 is 6.03 Å². The summed E-state index contributed by atoms with van der Waals surface area (Å²) in [6.07, 6.45) is 8.00. The maximum absolute atomic E-state index is 12.7. The molecule has 2 amide bonds. The van der Waals surface area contributed by atoms with Crippen LogP contribution in [0.2, 0.25) is 0 Å². The highest BCUT2D eigenvalue weighted by Gasteiger charge is 2.26. The molecule has 1 aliphatic rings. The fraction of sp³-hybridized carbons (Fsp3) is 0.471. The zero-order valence-corrected chi connectivity index (χ0v) is 14.2. The second-order valence-electron chi connectivity index (χ2n) is 5.88. The summed E-state index contributed by atoms with van der Waals surface area (Å²) < 4.78 is 0. The smallest absolute Gasteiger partial charge is 0.318 e. The molecule has 3 heterocycles. The van der Waals surface area contributed by atoms with E-state index in [1.807, 2.05) is 29.3 Å². The molecular weight excluding hydrogens is 308 g/mol. The molecule has 0 bridgehead atoms. The SMILES string of the molecule is Cc1csc(CNC(=O)N2CCCCC[C@@H]2c2ccncc2)n1. The topological polar surface area (TPSA) is 58.1 Å². The molecule has 0 unspecified atom stereocenters. The lowest BCUT2D eigenvalue weighted by Gasteiger charge is -2.30. The molecule has 1 atom stereocenters. The number of carbonyl (C=O) groups is 1. The zero-order chi connectivity index (χ0) is 16.1. The lowest BCUT2D eigenvalue weighted by molar-refractivity contribution is 0.175. The molecule has 23 heavy (non-hydrogen) atoms. The average Bonchev–Trinajstić information content (AvgIpc) is 2.85. The Hall–Kier alpha value is -1.95. The van der Waals surface area contributed by atoms with Crippen LogP contribution in [0.25, 0.3) is 0 Å². The summed E-state index contributed by atoms with van der Waals surface area (Å²) in [5, 5.41) is 5.99. The molecule has 122 valence electrons. The number of rotatable bonds is 3. The van der Waals surface area contributed by atoms with Gasteiger partial charge < -0.3 is 10.2 Å². The van der Waals surface area contributed by atoms with Crippen molar-refractivity contribution in [2.24, 2.45) is 0 Å². The van der Waals surface area contributed by atoms with Crippen LogP contribution in [-0.4, -0.2) is 27.4 Å². The Bertz CT molecular complexity index is 643. The van der Waals surface area contributed by atoms with Crippen LogP contribution in [0.4, 0.5) is 4.79 Å². The lowest BCUT2D eigenvalue weighted by atomic mass is 10.0. The molecule has 1 saturated heterocycles. The summed E-state index contributed by atoms with van der Waals surface area (Å²) in [6, 6.07) is 4.17. The Kier molecular flexibility index (Phi) is 5.23. The first kappa shape index (κ1) is 15.9. The molecule has 0 aromatic carbocycles.